The van der Waals surface area contributed by atoms with Crippen molar-refractivity contribution < 1.29 is 4.79 Å². The standard InChI is InChI=1S/C18H17BrN2OS2/c1-2-15(16-7-4-8-23-16)21-17(22)10-14-11-24-18(20-14)12-5-3-6-13(19)9-12/h3-9,11,15H,2,10H2,1H3,(H,21,22). The molecule has 1 aromatic carbocycles. The van der Waals surface area contributed by atoms with Gasteiger partial charge in [0.2, 0.25) is 5.91 Å². The van der Waals surface area contributed by atoms with Crippen LogP contribution in [0.2, 0.25) is 0 Å². The summed E-state index contributed by atoms with van der Waals surface area (Å²) in [7, 11) is 0. The fourth-order valence-corrected chi connectivity index (χ4v) is 4.49. The maximum atomic E-state index is 12.3. The molecule has 3 aromatic rings. The van der Waals surface area contributed by atoms with Crippen molar-refractivity contribution >= 4 is 44.5 Å². The second-order valence-electron chi connectivity index (χ2n) is 5.37. The Morgan fingerprint density at radius 2 is 2.17 bits per heavy atom. The first kappa shape index (κ1) is 17.3. The molecule has 0 saturated heterocycles. The molecule has 0 radical (unpaired) electrons. The highest BCUT2D eigenvalue weighted by atomic mass is 79.9. The van der Waals surface area contributed by atoms with Crippen LogP contribution in [-0.4, -0.2) is 10.9 Å². The van der Waals surface area contributed by atoms with Crippen molar-refractivity contribution in [2.75, 3.05) is 0 Å². The van der Waals surface area contributed by atoms with Crippen molar-refractivity contribution in [3.05, 3.63) is 62.2 Å². The van der Waals surface area contributed by atoms with E-state index in [1.807, 2.05) is 41.1 Å². The highest BCUT2D eigenvalue weighted by molar-refractivity contribution is 9.10. The third-order valence-electron chi connectivity index (χ3n) is 3.60. The summed E-state index contributed by atoms with van der Waals surface area (Å²) in [5.41, 5.74) is 1.87. The Balaban J connectivity index is 1.65. The highest BCUT2D eigenvalue weighted by Crippen LogP contribution is 2.26. The first-order valence-electron chi connectivity index (χ1n) is 7.69. The number of halogens is 1. The molecule has 0 aliphatic rings. The zero-order valence-electron chi connectivity index (χ0n) is 13.2. The van der Waals surface area contributed by atoms with Crippen molar-refractivity contribution in [3.8, 4) is 10.6 Å². The molecule has 0 bridgehead atoms. The summed E-state index contributed by atoms with van der Waals surface area (Å²) in [6.07, 6.45) is 1.19. The summed E-state index contributed by atoms with van der Waals surface area (Å²) in [5, 5.41) is 8.04. The van der Waals surface area contributed by atoms with Crippen LogP contribution < -0.4 is 5.32 Å². The lowest BCUT2D eigenvalue weighted by Crippen LogP contribution is -2.29. The van der Waals surface area contributed by atoms with Crippen molar-refractivity contribution in [3.63, 3.8) is 0 Å². The molecule has 0 saturated carbocycles. The van der Waals surface area contributed by atoms with Crippen LogP contribution in [0.4, 0.5) is 0 Å². The van der Waals surface area contributed by atoms with Gasteiger partial charge in [0, 0.05) is 20.3 Å². The molecule has 0 fully saturated rings. The van der Waals surface area contributed by atoms with E-state index in [0.29, 0.717) is 6.42 Å². The minimum absolute atomic E-state index is 0.0151. The molecule has 1 atom stereocenters. The van der Waals surface area contributed by atoms with Gasteiger partial charge < -0.3 is 5.32 Å². The Kier molecular flexibility index (Phi) is 5.81. The Morgan fingerprint density at radius 1 is 1.29 bits per heavy atom. The molecule has 124 valence electrons. The number of aromatic nitrogens is 1. The third kappa shape index (κ3) is 4.32. The number of thiophene rings is 1. The summed E-state index contributed by atoms with van der Waals surface area (Å²) < 4.78 is 1.02. The topological polar surface area (TPSA) is 42.0 Å². The lowest BCUT2D eigenvalue weighted by Gasteiger charge is -2.14. The molecule has 1 unspecified atom stereocenters. The van der Waals surface area contributed by atoms with Crippen molar-refractivity contribution in [1.82, 2.24) is 10.3 Å². The van der Waals surface area contributed by atoms with Crippen LogP contribution in [0.15, 0.2) is 51.6 Å². The summed E-state index contributed by atoms with van der Waals surface area (Å²) in [4.78, 5) is 18.1. The van der Waals surface area contributed by atoms with E-state index >= 15 is 0 Å². The molecule has 1 amide bonds. The molecular weight excluding hydrogens is 404 g/mol. The number of nitrogens with one attached hydrogen (secondary N) is 1. The van der Waals surface area contributed by atoms with Gasteiger partial charge in [-0.1, -0.05) is 41.1 Å². The second kappa shape index (κ2) is 8.05. The van der Waals surface area contributed by atoms with Crippen LogP contribution in [0.1, 0.15) is 30.0 Å². The predicted molar refractivity (Wildman–Crippen MR) is 104 cm³/mol. The number of hydrogen-bond donors (Lipinski definition) is 1. The zero-order valence-corrected chi connectivity index (χ0v) is 16.4. The lowest BCUT2D eigenvalue weighted by atomic mass is 10.2. The van der Waals surface area contributed by atoms with Crippen LogP contribution in [0, 0.1) is 0 Å². The monoisotopic (exact) mass is 420 g/mol. The number of carbonyl (C=O) groups excluding carboxylic acids is 1. The highest BCUT2D eigenvalue weighted by Gasteiger charge is 2.15. The molecule has 3 nitrogen and oxygen atoms in total. The fourth-order valence-electron chi connectivity index (χ4n) is 2.42. The Morgan fingerprint density at radius 3 is 2.88 bits per heavy atom. The SMILES string of the molecule is CCC(NC(=O)Cc1csc(-c2cccc(Br)c2)n1)c1cccs1. The maximum Gasteiger partial charge on any atom is 0.226 e. The third-order valence-corrected chi connectivity index (χ3v) is 6.01. The Bertz CT molecular complexity index is 814. The number of rotatable bonds is 6. The number of nitrogens with zero attached hydrogens (tertiary/aromatic N) is 1. The molecule has 6 heteroatoms. The van der Waals surface area contributed by atoms with E-state index in [0.717, 1.165) is 27.2 Å². The van der Waals surface area contributed by atoms with Crippen LogP contribution in [0.5, 0.6) is 0 Å². The fraction of sp³-hybridized carbons (Fsp3) is 0.222. The molecule has 24 heavy (non-hydrogen) atoms. The predicted octanol–water partition coefficient (Wildman–Crippen LogP) is 5.44. The average Bonchev–Trinajstić information content (AvgIpc) is 3.24. The van der Waals surface area contributed by atoms with E-state index in [2.05, 4.69) is 39.2 Å². The van der Waals surface area contributed by atoms with Crippen LogP contribution >= 0.6 is 38.6 Å². The van der Waals surface area contributed by atoms with E-state index in [1.165, 1.54) is 4.88 Å². The van der Waals surface area contributed by atoms with Crippen LogP contribution in [0.3, 0.4) is 0 Å². The van der Waals surface area contributed by atoms with Gasteiger partial charge in [-0.05, 0) is 30.0 Å². The van der Waals surface area contributed by atoms with Crippen LogP contribution in [-0.2, 0) is 11.2 Å². The molecule has 3 rings (SSSR count). The first-order valence-corrected chi connectivity index (χ1v) is 10.2. The molecule has 0 aliphatic heterocycles. The molecule has 1 N–H and O–H groups in total. The van der Waals surface area contributed by atoms with E-state index < -0.39 is 0 Å². The van der Waals surface area contributed by atoms with Gasteiger partial charge in [0.05, 0.1) is 18.2 Å². The lowest BCUT2D eigenvalue weighted by molar-refractivity contribution is -0.121. The number of amides is 1. The number of hydrogen-bond acceptors (Lipinski definition) is 4. The summed E-state index contributed by atoms with van der Waals surface area (Å²) >= 11 is 6.71. The quantitative estimate of drug-likeness (QED) is 0.576. The molecular formula is C18H17BrN2OS2. The number of benzene rings is 1. The van der Waals surface area contributed by atoms with Gasteiger partial charge >= 0.3 is 0 Å². The van der Waals surface area contributed by atoms with E-state index in [4.69, 9.17) is 0 Å². The molecule has 0 spiro atoms. The maximum absolute atomic E-state index is 12.3. The van der Waals surface area contributed by atoms with E-state index in [9.17, 15) is 4.79 Å². The summed E-state index contributed by atoms with van der Waals surface area (Å²) in [5.74, 6) is 0.0151. The largest absolute Gasteiger partial charge is 0.348 e. The van der Waals surface area contributed by atoms with Gasteiger partial charge in [0.15, 0.2) is 0 Å². The van der Waals surface area contributed by atoms with Gasteiger partial charge in [-0.15, -0.1) is 22.7 Å². The molecule has 2 aromatic heterocycles. The van der Waals surface area contributed by atoms with Gasteiger partial charge in [-0.2, -0.15) is 0 Å². The van der Waals surface area contributed by atoms with Gasteiger partial charge in [0.1, 0.15) is 5.01 Å². The van der Waals surface area contributed by atoms with Gasteiger partial charge in [-0.3, -0.25) is 4.79 Å². The number of thiazole rings is 1. The van der Waals surface area contributed by atoms with Gasteiger partial charge in [0.25, 0.3) is 0 Å². The molecule has 2 heterocycles. The normalized spacial score (nSPS) is 12.1. The Hall–Kier alpha value is -1.50. The minimum atomic E-state index is 0.0151. The smallest absolute Gasteiger partial charge is 0.226 e. The van der Waals surface area contributed by atoms with Crippen molar-refractivity contribution in [2.45, 2.75) is 25.8 Å². The zero-order chi connectivity index (χ0) is 16.9. The number of carbonyl (C=O) groups is 1. The van der Waals surface area contributed by atoms with E-state index in [-0.39, 0.29) is 11.9 Å². The minimum Gasteiger partial charge on any atom is -0.348 e. The van der Waals surface area contributed by atoms with Crippen LogP contribution in [0.25, 0.3) is 10.6 Å². The van der Waals surface area contributed by atoms with Gasteiger partial charge in [-0.25, -0.2) is 4.98 Å². The van der Waals surface area contributed by atoms with Crippen molar-refractivity contribution in [2.24, 2.45) is 0 Å². The Labute approximate surface area is 157 Å². The summed E-state index contributed by atoms with van der Waals surface area (Å²) in [6, 6.07) is 12.2. The average molecular weight is 421 g/mol. The second-order valence-corrected chi connectivity index (χ2v) is 8.13. The first-order chi connectivity index (χ1) is 11.7. The van der Waals surface area contributed by atoms with E-state index in [1.54, 1.807) is 22.7 Å². The van der Waals surface area contributed by atoms with Crippen molar-refractivity contribution in [1.29, 1.82) is 0 Å². The summed E-state index contributed by atoms with van der Waals surface area (Å²) in [6.45, 7) is 2.08. The molecule has 0 aliphatic carbocycles.